The fourth-order valence-corrected chi connectivity index (χ4v) is 3.20. The maximum absolute atomic E-state index is 13.8. The molecule has 0 heterocycles. The third-order valence-electron chi connectivity index (χ3n) is 5.07. The zero-order chi connectivity index (χ0) is 28.4. The topological polar surface area (TPSA) is 71.1 Å². The first kappa shape index (κ1) is 28.5. The van der Waals surface area contributed by atoms with E-state index in [2.05, 4.69) is 17.9 Å². The summed E-state index contributed by atoms with van der Waals surface area (Å²) in [7, 11) is 0. The lowest BCUT2D eigenvalue weighted by atomic mass is 9.96. The average Bonchev–Trinajstić information content (AvgIpc) is 2.93. The lowest BCUT2D eigenvalue weighted by molar-refractivity contribution is -0.137. The largest absolute Gasteiger partial charge is 0.462 e. The molecule has 3 aromatic carbocycles. The van der Waals surface area contributed by atoms with E-state index in [-0.39, 0.29) is 16.9 Å². The van der Waals surface area contributed by atoms with Crippen LogP contribution in [-0.4, -0.2) is 11.9 Å². The molecule has 3 rings (SSSR count). The van der Waals surface area contributed by atoms with Gasteiger partial charge in [0.1, 0.15) is 36.5 Å². The van der Waals surface area contributed by atoms with Crippen molar-refractivity contribution >= 4 is 11.9 Å². The summed E-state index contributed by atoms with van der Waals surface area (Å²) >= 11 is 0. The summed E-state index contributed by atoms with van der Waals surface area (Å²) in [5.74, 6) is -0.894. The van der Waals surface area contributed by atoms with Crippen molar-refractivity contribution in [1.82, 2.24) is 0 Å². The number of alkyl halides is 3. The van der Waals surface area contributed by atoms with Crippen LogP contribution in [0.4, 0.5) is 13.2 Å². The average molecular weight is 537 g/mol. The lowest BCUT2D eigenvalue weighted by Crippen LogP contribution is -2.07. The number of carbonyl (C=O) groups excluding carboxylic acids is 2. The van der Waals surface area contributed by atoms with Crippen LogP contribution in [0.15, 0.2) is 117 Å². The van der Waals surface area contributed by atoms with Crippen LogP contribution in [0.2, 0.25) is 0 Å². The molecule has 0 fully saturated rings. The molecule has 0 aliphatic heterocycles. The van der Waals surface area contributed by atoms with Crippen LogP contribution in [0.3, 0.4) is 0 Å². The molecular formula is C30H23F3O6. The monoisotopic (exact) mass is 536 g/mol. The van der Waals surface area contributed by atoms with E-state index in [1.54, 1.807) is 48.5 Å². The number of rotatable bonds is 10. The molecule has 0 atom stereocenters. The van der Waals surface area contributed by atoms with Crippen LogP contribution < -0.4 is 9.47 Å². The van der Waals surface area contributed by atoms with Gasteiger partial charge in [-0.05, 0) is 53.4 Å². The normalized spacial score (nSPS) is 11.3. The van der Waals surface area contributed by atoms with Crippen molar-refractivity contribution in [2.75, 3.05) is 0 Å². The van der Waals surface area contributed by atoms with E-state index in [4.69, 9.17) is 14.2 Å². The van der Waals surface area contributed by atoms with Crippen LogP contribution in [0, 0.1) is 0 Å². The van der Waals surface area contributed by atoms with Crippen molar-refractivity contribution in [1.29, 1.82) is 0 Å². The van der Waals surface area contributed by atoms with E-state index in [9.17, 15) is 22.8 Å². The molecule has 0 aromatic heterocycles. The molecule has 0 bridgehead atoms. The number of benzene rings is 3. The molecule has 0 N–H and O–H groups in total. The molecule has 0 saturated heterocycles. The van der Waals surface area contributed by atoms with Gasteiger partial charge in [-0.15, -0.1) is 0 Å². The minimum atomic E-state index is -4.64. The predicted molar refractivity (Wildman–Crippen MR) is 139 cm³/mol. The van der Waals surface area contributed by atoms with Crippen LogP contribution in [0.25, 0.3) is 22.3 Å². The Bertz CT molecular complexity index is 1400. The maximum atomic E-state index is 13.8. The standard InChI is InChI=1S/C30H23F3O6/c1-4-28(34)38-17-15-36-24-11-9-22(10-12-24)21-5-7-23(8-6-21)26-14-13-25(19-27(26)30(31,32)33)37-16-18-39-29(35)20(2)3/h4-19H,1-2H2,3H3/b17-15-,18-16-. The number of esters is 2. The van der Waals surface area contributed by atoms with Gasteiger partial charge < -0.3 is 18.9 Å². The first-order valence-electron chi connectivity index (χ1n) is 11.3. The Labute approximate surface area is 222 Å². The molecule has 0 spiro atoms. The molecule has 0 aliphatic carbocycles. The van der Waals surface area contributed by atoms with Crippen LogP contribution >= 0.6 is 0 Å². The highest BCUT2D eigenvalue weighted by atomic mass is 19.4. The van der Waals surface area contributed by atoms with E-state index in [1.165, 1.54) is 25.3 Å². The zero-order valence-corrected chi connectivity index (χ0v) is 20.7. The lowest BCUT2D eigenvalue weighted by Gasteiger charge is -2.15. The summed E-state index contributed by atoms with van der Waals surface area (Å²) in [5.41, 5.74) is 1.22. The minimum absolute atomic E-state index is 0.0215. The van der Waals surface area contributed by atoms with Crippen LogP contribution in [0.1, 0.15) is 12.5 Å². The number of ether oxygens (including phenoxy) is 4. The van der Waals surface area contributed by atoms with Gasteiger partial charge in [0.05, 0.1) is 5.56 Å². The number of hydrogen-bond acceptors (Lipinski definition) is 6. The second-order valence-corrected chi connectivity index (χ2v) is 7.91. The summed E-state index contributed by atoms with van der Waals surface area (Å²) in [4.78, 5) is 22.3. The summed E-state index contributed by atoms with van der Waals surface area (Å²) in [6.07, 6.45) is 0.558. The molecule has 39 heavy (non-hydrogen) atoms. The Hall–Kier alpha value is -5.05. The van der Waals surface area contributed by atoms with E-state index >= 15 is 0 Å². The van der Waals surface area contributed by atoms with E-state index in [0.29, 0.717) is 11.3 Å². The van der Waals surface area contributed by atoms with Crippen molar-refractivity contribution in [2.45, 2.75) is 13.1 Å². The van der Waals surface area contributed by atoms with Crippen LogP contribution in [0.5, 0.6) is 11.5 Å². The number of hydrogen-bond donors (Lipinski definition) is 0. The van der Waals surface area contributed by atoms with Gasteiger partial charge in [-0.1, -0.05) is 55.6 Å². The summed E-state index contributed by atoms with van der Waals surface area (Å²) in [6, 6.07) is 17.1. The minimum Gasteiger partial charge on any atom is -0.462 e. The SMILES string of the molecule is C=CC(=O)O/C=C\Oc1ccc(-c2ccc(-c3ccc(O/C=C\OC(=O)C(=C)C)cc3C(F)(F)F)cc2)cc1. The Morgan fingerprint density at radius 2 is 1.26 bits per heavy atom. The van der Waals surface area contributed by atoms with E-state index in [0.717, 1.165) is 42.1 Å². The van der Waals surface area contributed by atoms with Gasteiger partial charge in [0, 0.05) is 11.6 Å². The summed E-state index contributed by atoms with van der Waals surface area (Å²) in [6.45, 7) is 8.15. The Morgan fingerprint density at radius 3 is 1.82 bits per heavy atom. The van der Waals surface area contributed by atoms with Crippen molar-refractivity contribution < 1.29 is 41.7 Å². The Balaban J connectivity index is 1.73. The summed E-state index contributed by atoms with van der Waals surface area (Å²) in [5, 5.41) is 0. The molecule has 200 valence electrons. The molecule has 0 unspecified atom stereocenters. The number of halogens is 3. The molecule has 0 amide bonds. The molecule has 9 heteroatoms. The second-order valence-electron chi connectivity index (χ2n) is 7.91. The van der Waals surface area contributed by atoms with Crippen molar-refractivity contribution in [3.8, 4) is 33.8 Å². The van der Waals surface area contributed by atoms with Crippen molar-refractivity contribution in [3.05, 3.63) is 122 Å². The molecule has 0 saturated carbocycles. The smallest absolute Gasteiger partial charge is 0.417 e. The van der Waals surface area contributed by atoms with E-state index < -0.39 is 23.7 Å². The summed E-state index contributed by atoms with van der Waals surface area (Å²) < 4.78 is 61.4. The van der Waals surface area contributed by atoms with Crippen molar-refractivity contribution in [3.63, 3.8) is 0 Å². The second kappa shape index (κ2) is 13.0. The molecule has 0 radical (unpaired) electrons. The fourth-order valence-electron chi connectivity index (χ4n) is 3.20. The maximum Gasteiger partial charge on any atom is 0.417 e. The molecule has 6 nitrogen and oxygen atoms in total. The highest BCUT2D eigenvalue weighted by Gasteiger charge is 2.34. The van der Waals surface area contributed by atoms with Gasteiger partial charge in [-0.3, -0.25) is 0 Å². The predicted octanol–water partition coefficient (Wildman–Crippen LogP) is 7.59. The zero-order valence-electron chi connectivity index (χ0n) is 20.7. The third-order valence-corrected chi connectivity index (χ3v) is 5.07. The van der Waals surface area contributed by atoms with Gasteiger partial charge in [0.15, 0.2) is 0 Å². The van der Waals surface area contributed by atoms with Gasteiger partial charge in [0.2, 0.25) is 0 Å². The first-order valence-corrected chi connectivity index (χ1v) is 11.3. The number of carbonyl (C=O) groups is 2. The highest BCUT2D eigenvalue weighted by Crippen LogP contribution is 2.39. The fraction of sp³-hybridized carbons (Fsp3) is 0.0667. The van der Waals surface area contributed by atoms with Gasteiger partial charge in [-0.25, -0.2) is 9.59 Å². The highest BCUT2D eigenvalue weighted by molar-refractivity contribution is 5.87. The molecule has 0 aliphatic rings. The van der Waals surface area contributed by atoms with E-state index in [1.807, 2.05) is 0 Å². The van der Waals surface area contributed by atoms with Crippen molar-refractivity contribution in [2.24, 2.45) is 0 Å². The Kier molecular flexibility index (Phi) is 9.48. The van der Waals surface area contributed by atoms with Gasteiger partial charge in [-0.2, -0.15) is 13.2 Å². The van der Waals surface area contributed by atoms with Gasteiger partial charge >= 0.3 is 18.1 Å². The Morgan fingerprint density at radius 1 is 0.744 bits per heavy atom. The van der Waals surface area contributed by atoms with Crippen LogP contribution in [-0.2, 0) is 25.2 Å². The third kappa shape index (κ3) is 8.22. The molecular weight excluding hydrogens is 513 g/mol. The van der Waals surface area contributed by atoms with Gasteiger partial charge in [0.25, 0.3) is 0 Å². The first-order chi connectivity index (χ1) is 18.6. The quantitative estimate of drug-likeness (QED) is 0.151. The molecule has 3 aromatic rings.